The lowest BCUT2D eigenvalue weighted by Gasteiger charge is -2.39. The van der Waals surface area contributed by atoms with Gasteiger partial charge < -0.3 is 19.5 Å². The van der Waals surface area contributed by atoms with Crippen molar-refractivity contribution in [3.05, 3.63) is 35.8 Å². The van der Waals surface area contributed by atoms with Gasteiger partial charge in [-0.15, -0.1) is 0 Å². The van der Waals surface area contributed by atoms with Crippen molar-refractivity contribution in [1.29, 1.82) is 0 Å². The molecule has 150 valence electrons. The summed E-state index contributed by atoms with van der Waals surface area (Å²) < 4.78 is 5.26. The summed E-state index contributed by atoms with van der Waals surface area (Å²) in [6.07, 6.45) is 9.24. The van der Waals surface area contributed by atoms with Gasteiger partial charge in [0.2, 0.25) is 5.91 Å². The van der Waals surface area contributed by atoms with Gasteiger partial charge in [-0.3, -0.25) is 9.59 Å². The van der Waals surface area contributed by atoms with Crippen LogP contribution in [0.15, 0.2) is 29.1 Å². The highest BCUT2D eigenvalue weighted by Gasteiger charge is 2.33. The van der Waals surface area contributed by atoms with Gasteiger partial charge in [-0.1, -0.05) is 26.0 Å². The van der Waals surface area contributed by atoms with Crippen molar-refractivity contribution in [2.24, 2.45) is 0 Å². The summed E-state index contributed by atoms with van der Waals surface area (Å²) >= 11 is 1.40. The normalized spacial score (nSPS) is 18.3. The Bertz CT molecular complexity index is 655. The molecule has 0 bridgehead atoms. The molecule has 6 nitrogen and oxygen atoms in total. The molecule has 1 aromatic heterocycles. The minimum absolute atomic E-state index is 0.0488. The van der Waals surface area contributed by atoms with E-state index in [0.717, 1.165) is 29.7 Å². The number of carboxylic acids is 1. The molecule has 1 amide bonds. The molecule has 2 atom stereocenters. The number of hydrogen-bond donors (Lipinski definition) is 2. The van der Waals surface area contributed by atoms with Crippen LogP contribution in [0.25, 0.3) is 0 Å². The molecular formula is C20H29NO5S. The van der Waals surface area contributed by atoms with Gasteiger partial charge in [0.25, 0.3) is 0 Å². The number of carbonyl (C=O) groups is 2. The number of rotatable bonds is 12. The zero-order valence-corrected chi connectivity index (χ0v) is 16.8. The van der Waals surface area contributed by atoms with Crippen molar-refractivity contribution in [2.45, 2.75) is 57.6 Å². The molecule has 1 aliphatic rings. The number of thioether (sulfide) groups is 1. The second-order valence-corrected chi connectivity index (χ2v) is 8.28. The van der Waals surface area contributed by atoms with Crippen molar-refractivity contribution in [2.75, 3.05) is 18.1 Å². The number of hydrogen-bond acceptors (Lipinski definition) is 5. The number of likely N-dealkylation sites (tertiary alicyclic amines) is 1. The summed E-state index contributed by atoms with van der Waals surface area (Å²) in [6.45, 7) is 4.86. The first-order valence-electron chi connectivity index (χ1n) is 9.38. The topological polar surface area (TPSA) is 91.0 Å². The summed E-state index contributed by atoms with van der Waals surface area (Å²) in [5.74, 6) is 0.604. The summed E-state index contributed by atoms with van der Waals surface area (Å²) in [4.78, 5) is 24.1. The first-order chi connectivity index (χ1) is 12.9. The van der Waals surface area contributed by atoms with E-state index in [-0.39, 0.29) is 17.7 Å². The van der Waals surface area contributed by atoms with Crippen molar-refractivity contribution in [3.8, 4) is 0 Å². The third-order valence-electron chi connectivity index (χ3n) is 4.65. The molecule has 2 heterocycles. The Morgan fingerprint density at radius 3 is 2.85 bits per heavy atom. The van der Waals surface area contributed by atoms with E-state index in [1.54, 1.807) is 18.6 Å². The number of nitrogens with zero attached hydrogens (tertiary/aromatic N) is 1. The largest absolute Gasteiger partial charge is 0.481 e. The minimum Gasteiger partial charge on any atom is -0.481 e. The summed E-state index contributed by atoms with van der Waals surface area (Å²) in [6, 6.07) is 0.0488. The van der Waals surface area contributed by atoms with Crippen LogP contribution in [0.5, 0.6) is 0 Å². The lowest BCUT2D eigenvalue weighted by Crippen LogP contribution is -2.51. The molecular weight excluding hydrogens is 366 g/mol. The van der Waals surface area contributed by atoms with E-state index in [4.69, 9.17) is 9.52 Å². The Morgan fingerprint density at radius 2 is 2.19 bits per heavy atom. The highest BCUT2D eigenvalue weighted by atomic mass is 32.2. The van der Waals surface area contributed by atoms with Crippen LogP contribution in [-0.4, -0.2) is 57.2 Å². The third-order valence-corrected chi connectivity index (χ3v) is 5.68. The van der Waals surface area contributed by atoms with E-state index in [0.29, 0.717) is 25.3 Å². The second kappa shape index (κ2) is 10.6. The van der Waals surface area contributed by atoms with Crippen LogP contribution in [0.4, 0.5) is 0 Å². The van der Waals surface area contributed by atoms with Crippen LogP contribution < -0.4 is 0 Å². The Morgan fingerprint density at radius 1 is 1.41 bits per heavy atom. The Hall–Kier alpha value is -1.73. The Labute approximate surface area is 164 Å². The van der Waals surface area contributed by atoms with Crippen molar-refractivity contribution in [1.82, 2.24) is 4.90 Å². The highest BCUT2D eigenvalue weighted by molar-refractivity contribution is 7.99. The van der Waals surface area contributed by atoms with Crippen molar-refractivity contribution in [3.63, 3.8) is 0 Å². The minimum atomic E-state index is -0.794. The maximum atomic E-state index is 11.8. The molecule has 0 saturated carbocycles. The summed E-state index contributed by atoms with van der Waals surface area (Å²) in [7, 11) is 0. The molecule has 1 aliphatic heterocycles. The molecule has 2 rings (SSSR count). The van der Waals surface area contributed by atoms with Gasteiger partial charge in [-0.2, -0.15) is 11.8 Å². The molecule has 0 radical (unpaired) electrons. The van der Waals surface area contributed by atoms with Crippen LogP contribution >= 0.6 is 11.8 Å². The van der Waals surface area contributed by atoms with Crippen molar-refractivity contribution >= 4 is 23.6 Å². The van der Waals surface area contributed by atoms with E-state index >= 15 is 0 Å². The van der Waals surface area contributed by atoms with E-state index < -0.39 is 12.1 Å². The quantitative estimate of drug-likeness (QED) is 0.321. The number of aliphatic hydroxyl groups is 1. The maximum Gasteiger partial charge on any atom is 0.313 e. The van der Waals surface area contributed by atoms with Gasteiger partial charge in [-0.05, 0) is 35.6 Å². The van der Waals surface area contributed by atoms with Crippen molar-refractivity contribution < 1.29 is 24.2 Å². The van der Waals surface area contributed by atoms with Crippen LogP contribution in [0.1, 0.15) is 50.2 Å². The fourth-order valence-electron chi connectivity index (χ4n) is 3.14. The predicted octanol–water partition coefficient (Wildman–Crippen LogP) is 3.06. The zero-order chi connectivity index (χ0) is 19.8. The monoisotopic (exact) mass is 395 g/mol. The van der Waals surface area contributed by atoms with Crippen LogP contribution in [0.2, 0.25) is 0 Å². The Kier molecular flexibility index (Phi) is 8.44. The summed E-state index contributed by atoms with van der Waals surface area (Å²) in [5.41, 5.74) is 2.13. The van der Waals surface area contributed by atoms with E-state index in [2.05, 4.69) is 13.8 Å². The smallest absolute Gasteiger partial charge is 0.313 e. The third kappa shape index (κ3) is 6.74. The number of carbonyl (C=O) groups excluding carboxylic acids is 1. The van der Waals surface area contributed by atoms with Gasteiger partial charge in [0.05, 0.1) is 36.8 Å². The molecule has 1 saturated heterocycles. The number of aliphatic hydroxyl groups excluding tert-OH is 1. The summed E-state index contributed by atoms with van der Waals surface area (Å²) in [5, 5.41) is 18.9. The number of amides is 1. The molecule has 1 aromatic rings. The van der Waals surface area contributed by atoms with Gasteiger partial charge >= 0.3 is 5.97 Å². The average Bonchev–Trinajstić information content (AvgIpc) is 3.05. The van der Waals surface area contributed by atoms with Gasteiger partial charge in [0.15, 0.2) is 0 Å². The van der Waals surface area contributed by atoms with Crippen LogP contribution in [0.3, 0.4) is 0 Å². The van der Waals surface area contributed by atoms with Gasteiger partial charge in [0.1, 0.15) is 0 Å². The number of carboxylic acid groups (broad SMARTS) is 1. The standard InChI is InChI=1S/C20H29NO5S/c1-14(2)18-12-26-11-15(18)9-17(22)6-5-16-10-19(23)21(16)7-3-4-8-27-13-20(24)25/h5-6,11-12,14,16-17,22H,3-4,7-10,13H2,1-2H3,(H,24,25)/b6-5+/t16-,17?/m0/s1. The predicted molar refractivity (Wildman–Crippen MR) is 106 cm³/mol. The SMILES string of the molecule is CC(C)c1cocc1CC(O)/C=C/[C@H]1CC(=O)N1CCCCSCC(=O)O. The number of furan rings is 1. The van der Waals surface area contributed by atoms with Crippen LogP contribution in [-0.2, 0) is 16.0 Å². The molecule has 2 N–H and O–H groups in total. The van der Waals surface area contributed by atoms with Crippen LogP contribution in [0, 0.1) is 0 Å². The number of β-lactam (4-membered cyclic amide) rings is 1. The lowest BCUT2D eigenvalue weighted by molar-refractivity contribution is -0.143. The van der Waals surface area contributed by atoms with Gasteiger partial charge in [-0.25, -0.2) is 0 Å². The molecule has 7 heteroatoms. The van der Waals surface area contributed by atoms with E-state index in [1.165, 1.54) is 11.8 Å². The molecule has 0 aromatic carbocycles. The molecule has 27 heavy (non-hydrogen) atoms. The molecule has 0 aliphatic carbocycles. The number of aliphatic carboxylic acids is 1. The first kappa shape index (κ1) is 21.6. The fourth-order valence-corrected chi connectivity index (χ4v) is 3.87. The number of unbranched alkanes of at least 4 members (excludes halogenated alkanes) is 1. The maximum absolute atomic E-state index is 11.8. The molecule has 1 unspecified atom stereocenters. The second-order valence-electron chi connectivity index (χ2n) is 7.18. The molecule has 1 fully saturated rings. The lowest BCUT2D eigenvalue weighted by atomic mass is 9.96. The van der Waals surface area contributed by atoms with E-state index in [1.807, 2.05) is 11.0 Å². The zero-order valence-electron chi connectivity index (χ0n) is 16.0. The first-order valence-corrected chi connectivity index (χ1v) is 10.5. The molecule has 0 spiro atoms. The fraction of sp³-hybridized carbons (Fsp3) is 0.600. The average molecular weight is 396 g/mol. The highest BCUT2D eigenvalue weighted by Crippen LogP contribution is 2.24. The Balaban J connectivity index is 1.72. The van der Waals surface area contributed by atoms with E-state index in [9.17, 15) is 14.7 Å². The van der Waals surface area contributed by atoms with Gasteiger partial charge in [0, 0.05) is 13.0 Å².